The summed E-state index contributed by atoms with van der Waals surface area (Å²) in [4.78, 5) is 2.43. The molecule has 0 N–H and O–H groups in total. The highest BCUT2D eigenvalue weighted by molar-refractivity contribution is 7.71. The Morgan fingerprint density at radius 3 is 2.00 bits per heavy atom. The van der Waals surface area contributed by atoms with E-state index in [2.05, 4.69) is 51.5 Å². The zero-order valence-corrected chi connectivity index (χ0v) is 13.9. The normalized spacial score (nSPS) is 12.3. The third-order valence-corrected chi connectivity index (χ3v) is 3.32. The molecule has 1 rings (SSSR count). The van der Waals surface area contributed by atoms with Gasteiger partial charge in [-0.1, -0.05) is 27.7 Å². The molecule has 1 aromatic rings. The molecule has 0 aromatic carbocycles. The second-order valence-electron chi connectivity index (χ2n) is 6.38. The van der Waals surface area contributed by atoms with E-state index in [4.69, 9.17) is 12.2 Å². The van der Waals surface area contributed by atoms with E-state index in [9.17, 15) is 0 Å². The third-order valence-electron chi connectivity index (χ3n) is 2.89. The van der Waals surface area contributed by atoms with Crippen molar-refractivity contribution >= 4 is 12.2 Å². The zero-order valence-electron chi connectivity index (χ0n) is 13.1. The maximum absolute atomic E-state index is 5.48. The number of nitrogens with zero attached hydrogens (tertiary/aromatic N) is 4. The lowest BCUT2D eigenvalue weighted by atomic mass is 10.1. The van der Waals surface area contributed by atoms with Gasteiger partial charge in [-0.2, -0.15) is 5.10 Å². The van der Waals surface area contributed by atoms with Gasteiger partial charge >= 0.3 is 0 Å². The molecule has 0 saturated carbocycles. The molecule has 0 radical (unpaired) electrons. The molecule has 0 spiro atoms. The fourth-order valence-electron chi connectivity index (χ4n) is 2.21. The molecule has 0 saturated heterocycles. The van der Waals surface area contributed by atoms with Crippen molar-refractivity contribution in [2.45, 2.75) is 54.3 Å². The molecule has 0 fully saturated rings. The van der Waals surface area contributed by atoms with Crippen LogP contribution in [-0.4, -0.2) is 32.3 Å². The smallest absolute Gasteiger partial charge is 0.199 e. The molecule has 0 unspecified atom stereocenters. The third kappa shape index (κ3) is 5.07. The molecule has 0 amide bonds. The minimum Gasteiger partial charge on any atom is -0.304 e. The maximum Gasteiger partial charge on any atom is 0.199 e. The lowest BCUT2D eigenvalue weighted by Crippen LogP contribution is -2.33. The summed E-state index contributed by atoms with van der Waals surface area (Å²) in [6, 6.07) is 0.366. The number of aromatic nitrogens is 3. The predicted molar refractivity (Wildman–Crippen MR) is 82.7 cm³/mol. The first kappa shape index (κ1) is 16.4. The van der Waals surface area contributed by atoms with Gasteiger partial charge < -0.3 is 4.57 Å². The predicted octanol–water partition coefficient (Wildman–Crippen LogP) is 3.57. The van der Waals surface area contributed by atoms with Crippen LogP contribution in [0.2, 0.25) is 0 Å². The number of rotatable bonds is 7. The van der Waals surface area contributed by atoms with Gasteiger partial charge in [0, 0.05) is 19.1 Å². The number of hydrogen-bond acceptors (Lipinski definition) is 3. The van der Waals surface area contributed by atoms with Crippen molar-refractivity contribution in [1.82, 2.24) is 19.2 Å². The van der Waals surface area contributed by atoms with Gasteiger partial charge in [-0.25, -0.2) is 4.68 Å². The molecule has 0 aliphatic heterocycles. The molecule has 0 aliphatic rings. The van der Waals surface area contributed by atoms with Crippen LogP contribution in [0.1, 0.15) is 47.6 Å². The Morgan fingerprint density at radius 2 is 1.63 bits per heavy atom. The summed E-state index contributed by atoms with van der Waals surface area (Å²) >= 11 is 5.48. The molecule has 1 aromatic heterocycles. The minimum absolute atomic E-state index is 0.366. The summed E-state index contributed by atoms with van der Waals surface area (Å²) in [6.45, 7) is 16.2. The van der Waals surface area contributed by atoms with Crippen LogP contribution < -0.4 is 0 Å². The van der Waals surface area contributed by atoms with Crippen molar-refractivity contribution in [3.8, 4) is 0 Å². The Labute approximate surface area is 122 Å². The van der Waals surface area contributed by atoms with E-state index in [1.54, 1.807) is 0 Å². The van der Waals surface area contributed by atoms with E-state index in [-0.39, 0.29) is 0 Å². The van der Waals surface area contributed by atoms with Crippen molar-refractivity contribution in [2.24, 2.45) is 11.8 Å². The Bertz CT molecular complexity index is 421. The average Bonchev–Trinajstić information content (AvgIpc) is 2.58. The van der Waals surface area contributed by atoms with Crippen LogP contribution >= 0.6 is 12.2 Å². The molecule has 4 nitrogen and oxygen atoms in total. The van der Waals surface area contributed by atoms with E-state index in [0.29, 0.717) is 17.9 Å². The molecular formula is C14H28N4S. The molecule has 5 heteroatoms. The van der Waals surface area contributed by atoms with Crippen molar-refractivity contribution in [1.29, 1.82) is 0 Å². The first-order valence-corrected chi connectivity index (χ1v) is 7.58. The Morgan fingerprint density at radius 1 is 1.11 bits per heavy atom. The minimum atomic E-state index is 0.366. The van der Waals surface area contributed by atoms with Crippen molar-refractivity contribution < 1.29 is 0 Å². The lowest BCUT2D eigenvalue weighted by Gasteiger charge is -2.25. The van der Waals surface area contributed by atoms with Crippen LogP contribution in [-0.2, 0) is 6.67 Å². The molecule has 110 valence electrons. The number of hydrogen-bond donors (Lipinski definition) is 0. The molecule has 1 heterocycles. The second kappa shape index (κ2) is 7.20. The van der Waals surface area contributed by atoms with Gasteiger partial charge in [-0.3, -0.25) is 4.90 Å². The summed E-state index contributed by atoms with van der Waals surface area (Å²) in [7, 11) is 0. The van der Waals surface area contributed by atoms with Crippen LogP contribution in [0, 0.1) is 16.6 Å². The van der Waals surface area contributed by atoms with E-state index in [0.717, 1.165) is 24.5 Å². The molecule has 0 atom stereocenters. The molecule has 0 aliphatic carbocycles. The molecule has 0 bridgehead atoms. The second-order valence-corrected chi connectivity index (χ2v) is 6.74. The van der Waals surface area contributed by atoms with Crippen molar-refractivity contribution in [2.75, 3.05) is 13.1 Å². The van der Waals surface area contributed by atoms with Gasteiger partial charge in [0.15, 0.2) is 4.77 Å². The Balaban J connectivity index is 2.81. The van der Waals surface area contributed by atoms with Gasteiger partial charge in [0.05, 0.1) is 6.67 Å². The zero-order chi connectivity index (χ0) is 14.6. The van der Waals surface area contributed by atoms with Crippen molar-refractivity contribution in [3.05, 3.63) is 11.1 Å². The molecular weight excluding hydrogens is 256 g/mol. The highest BCUT2D eigenvalue weighted by Gasteiger charge is 2.12. The standard InChI is InChI=1S/C14H28N4S/c1-11(2)7-16(8-12(3)4)10-18-14(19)17(9-15-18)13(5)6/h9,11-13H,7-8,10H2,1-6H3. The van der Waals surface area contributed by atoms with Gasteiger partial charge in [0.25, 0.3) is 0 Å². The van der Waals surface area contributed by atoms with Crippen LogP contribution in [0.15, 0.2) is 6.33 Å². The summed E-state index contributed by atoms with van der Waals surface area (Å²) in [6.07, 6.45) is 1.84. The Hall–Kier alpha value is -0.680. The topological polar surface area (TPSA) is 26.0 Å². The SMILES string of the molecule is CC(C)CN(CC(C)C)Cn1ncn(C(C)C)c1=S. The van der Waals surface area contributed by atoms with Crippen LogP contribution in [0.3, 0.4) is 0 Å². The monoisotopic (exact) mass is 284 g/mol. The van der Waals surface area contributed by atoms with E-state index in [1.165, 1.54) is 0 Å². The van der Waals surface area contributed by atoms with Gasteiger partial charge in [-0.05, 0) is 37.9 Å². The van der Waals surface area contributed by atoms with Gasteiger partial charge in [-0.15, -0.1) is 0 Å². The van der Waals surface area contributed by atoms with Crippen LogP contribution in [0.4, 0.5) is 0 Å². The first-order valence-electron chi connectivity index (χ1n) is 7.17. The summed E-state index contributed by atoms with van der Waals surface area (Å²) < 4.78 is 4.78. The van der Waals surface area contributed by atoms with E-state index >= 15 is 0 Å². The summed E-state index contributed by atoms with van der Waals surface area (Å²) in [5.74, 6) is 1.31. The first-order chi connectivity index (χ1) is 8.81. The van der Waals surface area contributed by atoms with E-state index in [1.807, 2.05) is 15.6 Å². The fourth-order valence-corrected chi connectivity index (χ4v) is 2.58. The van der Waals surface area contributed by atoms with Gasteiger partial charge in [0.1, 0.15) is 6.33 Å². The fraction of sp³-hybridized carbons (Fsp3) is 0.857. The van der Waals surface area contributed by atoms with Crippen molar-refractivity contribution in [3.63, 3.8) is 0 Å². The molecule has 19 heavy (non-hydrogen) atoms. The maximum atomic E-state index is 5.48. The lowest BCUT2D eigenvalue weighted by molar-refractivity contribution is 0.164. The highest BCUT2D eigenvalue weighted by Crippen LogP contribution is 2.08. The highest BCUT2D eigenvalue weighted by atomic mass is 32.1. The average molecular weight is 284 g/mol. The van der Waals surface area contributed by atoms with Gasteiger partial charge in [0.2, 0.25) is 0 Å². The Kier molecular flexibility index (Phi) is 6.20. The summed E-state index contributed by atoms with van der Waals surface area (Å²) in [5, 5.41) is 4.43. The largest absolute Gasteiger partial charge is 0.304 e. The van der Waals surface area contributed by atoms with Crippen LogP contribution in [0.25, 0.3) is 0 Å². The quantitative estimate of drug-likeness (QED) is 0.716. The van der Waals surface area contributed by atoms with E-state index < -0.39 is 0 Å². The van der Waals surface area contributed by atoms with Crippen LogP contribution in [0.5, 0.6) is 0 Å². The summed E-state index contributed by atoms with van der Waals surface area (Å²) in [5.41, 5.74) is 0.